The Balaban J connectivity index is -0.000000196. The van der Waals surface area contributed by atoms with E-state index in [9.17, 15) is 0 Å². The smallest absolute Gasteiger partial charge is 0.358 e. The summed E-state index contributed by atoms with van der Waals surface area (Å²) in [6.45, 7) is 4.13. The summed E-state index contributed by atoms with van der Waals surface area (Å²) in [5.41, 5.74) is 2.58. The summed E-state index contributed by atoms with van der Waals surface area (Å²) in [6.07, 6.45) is 0. The van der Waals surface area contributed by atoms with E-state index in [0.29, 0.717) is 0 Å². The van der Waals surface area contributed by atoms with Crippen molar-refractivity contribution in [3.63, 3.8) is 0 Å². The molecule has 0 N–H and O–H groups in total. The van der Waals surface area contributed by atoms with Crippen LogP contribution in [0.15, 0.2) is 48.5 Å². The van der Waals surface area contributed by atoms with Gasteiger partial charge in [-0.3, -0.25) is 0 Å². The summed E-state index contributed by atoms with van der Waals surface area (Å²) < 4.78 is 0. The van der Waals surface area contributed by atoms with Gasteiger partial charge in [0.15, 0.2) is 0 Å². The van der Waals surface area contributed by atoms with Gasteiger partial charge in [-0.15, -0.1) is 0 Å². The van der Waals surface area contributed by atoms with E-state index in [1.165, 1.54) is 11.1 Å². The molecule has 0 heterocycles. The maximum atomic E-state index is 2.93. The Bertz CT molecular complexity index is 306. The van der Waals surface area contributed by atoms with Gasteiger partial charge in [-0.05, 0) is 0 Å². The van der Waals surface area contributed by atoms with E-state index < -0.39 is 0 Å². The molecule has 0 radical (unpaired) electrons. The van der Waals surface area contributed by atoms with E-state index in [4.69, 9.17) is 0 Å². The molecule has 0 bridgehead atoms. The van der Waals surface area contributed by atoms with Gasteiger partial charge in [0.25, 0.3) is 0 Å². The van der Waals surface area contributed by atoms with Crippen molar-refractivity contribution in [1.29, 1.82) is 0 Å². The van der Waals surface area contributed by atoms with E-state index >= 15 is 0 Å². The molecule has 0 atom stereocenters. The van der Waals surface area contributed by atoms with Crippen LogP contribution >= 0.6 is 0 Å². The normalized spacial score (nSPS) is 7.18. The summed E-state index contributed by atoms with van der Waals surface area (Å²) in [5.74, 6) is 0. The maximum absolute atomic E-state index is 2.93. The molecular weight excluding hydrogens is 548 g/mol. The third-order valence-electron chi connectivity index (χ3n) is 1.77. The minimum Gasteiger partial charge on any atom is -0.358 e. The SMILES string of the molecule is Cc1cc[c-]cc1.Cc1cc[c-]cc1.[CH3-].[W+2].[W]. The fraction of sp³-hybridized carbons (Fsp3) is 0.133. The topological polar surface area (TPSA) is 0 Å². The second-order valence-corrected chi connectivity index (χ2v) is 3.15. The molecule has 90 valence electrons. The molecule has 2 aromatic carbocycles. The van der Waals surface area contributed by atoms with Gasteiger partial charge in [0.1, 0.15) is 0 Å². The first kappa shape index (κ1) is 22.0. The van der Waals surface area contributed by atoms with Crippen LogP contribution in [0.3, 0.4) is 0 Å². The van der Waals surface area contributed by atoms with Gasteiger partial charge in [0.05, 0.1) is 0 Å². The average Bonchev–Trinajstić information content (AvgIpc) is 2.21. The van der Waals surface area contributed by atoms with E-state index in [-0.39, 0.29) is 49.6 Å². The second kappa shape index (κ2) is 13.9. The number of hydrogen-bond donors (Lipinski definition) is 0. The van der Waals surface area contributed by atoms with E-state index in [2.05, 4.69) is 26.0 Å². The number of hydrogen-bond acceptors (Lipinski definition) is 0. The van der Waals surface area contributed by atoms with Crippen LogP contribution in [0.2, 0.25) is 0 Å². The predicted octanol–water partition coefficient (Wildman–Crippen LogP) is 4.04. The van der Waals surface area contributed by atoms with Gasteiger partial charge in [-0.25, -0.2) is 0 Å². The number of rotatable bonds is 0. The van der Waals surface area contributed by atoms with Gasteiger partial charge < -0.3 is 7.43 Å². The Hall–Kier alpha value is -0.183. The third-order valence-corrected chi connectivity index (χ3v) is 1.77. The van der Waals surface area contributed by atoms with Crippen LogP contribution in [-0.2, 0) is 42.1 Å². The van der Waals surface area contributed by atoms with E-state index in [1.54, 1.807) is 0 Å². The van der Waals surface area contributed by atoms with Crippen LogP contribution in [0.25, 0.3) is 0 Å². The zero-order valence-electron chi connectivity index (χ0n) is 10.4. The molecule has 0 fully saturated rings. The van der Waals surface area contributed by atoms with Crippen molar-refractivity contribution in [2.45, 2.75) is 13.8 Å². The van der Waals surface area contributed by atoms with Crippen LogP contribution in [0, 0.1) is 33.4 Å². The van der Waals surface area contributed by atoms with Crippen LogP contribution < -0.4 is 0 Å². The van der Waals surface area contributed by atoms with Crippen molar-refractivity contribution in [2.75, 3.05) is 0 Å². The first-order valence-electron chi connectivity index (χ1n) is 4.64. The van der Waals surface area contributed by atoms with E-state index in [1.807, 2.05) is 48.5 Å². The molecule has 0 aliphatic heterocycles. The first-order valence-corrected chi connectivity index (χ1v) is 4.64. The molecule has 0 spiro atoms. The molecule has 0 saturated carbocycles. The maximum Gasteiger partial charge on any atom is 2.00 e. The average molecular weight is 565 g/mol. The quantitative estimate of drug-likeness (QED) is 0.424. The van der Waals surface area contributed by atoms with Crippen LogP contribution in [0.5, 0.6) is 0 Å². The van der Waals surface area contributed by atoms with Gasteiger partial charge in [-0.2, -0.15) is 71.8 Å². The van der Waals surface area contributed by atoms with Crippen molar-refractivity contribution in [1.82, 2.24) is 0 Å². The molecule has 0 nitrogen and oxygen atoms in total. The zero-order chi connectivity index (χ0) is 10.2. The molecule has 0 amide bonds. The Morgan fingerprint density at radius 3 is 1.06 bits per heavy atom. The van der Waals surface area contributed by atoms with E-state index in [0.717, 1.165) is 0 Å². The molecule has 0 unspecified atom stereocenters. The molecular formula is C15H17W2-. The fourth-order valence-corrected chi connectivity index (χ4v) is 0.940. The molecule has 17 heavy (non-hydrogen) atoms. The van der Waals surface area contributed by atoms with Crippen molar-refractivity contribution in [3.05, 3.63) is 79.2 Å². The van der Waals surface area contributed by atoms with Gasteiger partial charge in [0, 0.05) is 21.1 Å². The number of benzene rings is 2. The Labute approximate surface area is 134 Å². The summed E-state index contributed by atoms with van der Waals surface area (Å²) in [5, 5.41) is 0. The molecule has 2 aromatic rings. The Morgan fingerprint density at radius 1 is 0.706 bits per heavy atom. The summed E-state index contributed by atoms with van der Waals surface area (Å²) in [7, 11) is 0. The molecule has 0 aliphatic rings. The van der Waals surface area contributed by atoms with Crippen LogP contribution in [0.1, 0.15) is 11.1 Å². The summed E-state index contributed by atoms with van der Waals surface area (Å²) >= 11 is 0. The monoisotopic (exact) mass is 565 g/mol. The standard InChI is InChI=1S/2C7H7.CH3.2W/c2*1-7-5-3-2-4-6-7;;;/h2*3-6H,1H3;1H3;;/q3*-1;;+2. The fourth-order valence-electron chi connectivity index (χ4n) is 0.940. The molecule has 0 aromatic heterocycles. The van der Waals surface area contributed by atoms with Gasteiger partial charge in [0.2, 0.25) is 0 Å². The molecule has 2 heteroatoms. The van der Waals surface area contributed by atoms with Gasteiger partial charge in [-0.1, -0.05) is 13.8 Å². The molecule has 0 saturated heterocycles. The van der Waals surface area contributed by atoms with Crippen LogP contribution in [0.4, 0.5) is 0 Å². The minimum atomic E-state index is 0. The van der Waals surface area contributed by atoms with Crippen molar-refractivity contribution in [2.24, 2.45) is 0 Å². The van der Waals surface area contributed by atoms with Gasteiger partial charge >= 0.3 is 21.1 Å². The summed E-state index contributed by atoms with van der Waals surface area (Å²) in [6, 6.07) is 21.6. The Morgan fingerprint density at radius 2 is 0.941 bits per heavy atom. The van der Waals surface area contributed by atoms with Crippen molar-refractivity contribution in [3.8, 4) is 0 Å². The molecule has 0 aliphatic carbocycles. The first-order chi connectivity index (χ1) is 6.79. The largest absolute Gasteiger partial charge is 2.00 e. The Kier molecular flexibility index (Phi) is 18.0. The summed E-state index contributed by atoms with van der Waals surface area (Å²) in [4.78, 5) is 0. The predicted molar refractivity (Wildman–Crippen MR) is 66.4 cm³/mol. The third kappa shape index (κ3) is 12.1. The van der Waals surface area contributed by atoms with Crippen molar-refractivity contribution < 1.29 is 42.1 Å². The van der Waals surface area contributed by atoms with Crippen LogP contribution in [-0.4, -0.2) is 0 Å². The van der Waals surface area contributed by atoms with Crippen molar-refractivity contribution >= 4 is 0 Å². The second-order valence-electron chi connectivity index (χ2n) is 3.15. The minimum absolute atomic E-state index is 0. The number of aryl methyl sites for hydroxylation is 2. The zero-order valence-corrected chi connectivity index (χ0v) is 16.3. The molecule has 2 rings (SSSR count).